The molecule has 0 saturated carbocycles. The molecule has 1 aromatic carbocycles. The van der Waals surface area contributed by atoms with Crippen LogP contribution >= 0.6 is 0 Å². The number of benzene rings is 1. The summed E-state index contributed by atoms with van der Waals surface area (Å²) in [6.45, 7) is 7.61. The zero-order valence-electron chi connectivity index (χ0n) is 12.9. The van der Waals surface area contributed by atoms with Crippen molar-refractivity contribution in [3.05, 3.63) is 29.8 Å². The van der Waals surface area contributed by atoms with E-state index in [4.69, 9.17) is 23.3 Å². The molecule has 1 aromatic rings. The van der Waals surface area contributed by atoms with Crippen LogP contribution in [-0.2, 0) is 19.7 Å². The first-order valence-corrected chi connectivity index (χ1v) is 9.19. The molecule has 5 nitrogen and oxygen atoms in total. The summed E-state index contributed by atoms with van der Waals surface area (Å²) in [6, 6.07) is 8.18. The van der Waals surface area contributed by atoms with Gasteiger partial charge in [0, 0.05) is 25.9 Å². The highest BCUT2D eigenvalue weighted by Crippen LogP contribution is 2.20. The van der Waals surface area contributed by atoms with Crippen LogP contribution < -0.4 is 4.74 Å². The van der Waals surface area contributed by atoms with Crippen molar-refractivity contribution in [3.8, 4) is 12.0 Å². The van der Waals surface area contributed by atoms with E-state index in [1.165, 1.54) is 0 Å². The molecule has 116 valence electrons. The predicted octanol–water partition coefficient (Wildman–Crippen LogP) is 3.14. The average Bonchev–Trinajstić information content (AvgIpc) is 2.48. The van der Waals surface area contributed by atoms with Crippen LogP contribution in [0.5, 0.6) is 5.75 Å². The number of nitrogens with zero attached hydrogens (tertiary/aromatic N) is 1. The Balaban J connectivity index is 2.68. The van der Waals surface area contributed by atoms with Crippen molar-refractivity contribution in [1.82, 2.24) is 0 Å². The summed E-state index contributed by atoms with van der Waals surface area (Å²) in [5, 5.41) is 8.46. The van der Waals surface area contributed by atoms with E-state index in [9.17, 15) is 0 Å². The van der Waals surface area contributed by atoms with Crippen molar-refractivity contribution >= 4 is 8.80 Å². The summed E-state index contributed by atoms with van der Waals surface area (Å²) in [5.41, 5.74) is 1.14. The molecule has 0 atom stereocenters. The second kappa shape index (κ2) is 9.53. The van der Waals surface area contributed by atoms with Crippen LogP contribution in [0.4, 0.5) is 0 Å². The van der Waals surface area contributed by atoms with Crippen molar-refractivity contribution in [1.29, 1.82) is 5.26 Å². The van der Waals surface area contributed by atoms with Gasteiger partial charge in [0.05, 0.1) is 0 Å². The first-order valence-electron chi connectivity index (χ1n) is 7.26. The van der Waals surface area contributed by atoms with E-state index in [0.29, 0.717) is 25.6 Å². The Morgan fingerprint density at radius 1 is 0.952 bits per heavy atom. The Morgan fingerprint density at radius 3 is 1.90 bits per heavy atom. The summed E-state index contributed by atoms with van der Waals surface area (Å²) in [5.74, 6) is 0.546. The zero-order chi connectivity index (χ0) is 15.6. The molecule has 0 spiro atoms. The molecule has 0 amide bonds. The molecule has 0 bridgehead atoms. The number of rotatable bonds is 10. The quantitative estimate of drug-likeness (QED) is 0.491. The third-order valence-corrected chi connectivity index (χ3v) is 5.95. The molecule has 0 saturated heterocycles. The summed E-state index contributed by atoms with van der Waals surface area (Å²) in [7, 11) is -2.59. The second-order valence-corrected chi connectivity index (χ2v) is 7.05. The lowest BCUT2D eigenvalue weighted by molar-refractivity contribution is 0.0714. The predicted molar refractivity (Wildman–Crippen MR) is 81.8 cm³/mol. The van der Waals surface area contributed by atoms with Gasteiger partial charge >= 0.3 is 8.80 Å². The van der Waals surface area contributed by atoms with Gasteiger partial charge in [0.1, 0.15) is 5.75 Å². The van der Waals surface area contributed by atoms with E-state index in [0.717, 1.165) is 18.0 Å². The highest BCUT2D eigenvalue weighted by atomic mass is 28.4. The minimum atomic E-state index is -2.59. The van der Waals surface area contributed by atoms with Crippen LogP contribution in [0.2, 0.25) is 6.04 Å². The molecule has 0 aromatic heterocycles. The first-order chi connectivity index (χ1) is 10.2. The molecule has 0 aliphatic carbocycles. The van der Waals surface area contributed by atoms with Crippen LogP contribution in [0, 0.1) is 11.5 Å². The number of hydrogen-bond acceptors (Lipinski definition) is 5. The first kappa shape index (κ1) is 17.7. The third kappa shape index (κ3) is 5.85. The zero-order valence-corrected chi connectivity index (χ0v) is 13.9. The van der Waals surface area contributed by atoms with Gasteiger partial charge in [-0.25, -0.2) is 0 Å². The Labute approximate surface area is 127 Å². The lowest BCUT2D eigenvalue weighted by atomic mass is 10.2. The monoisotopic (exact) mass is 309 g/mol. The normalized spacial score (nSPS) is 11.1. The lowest BCUT2D eigenvalue weighted by Gasteiger charge is -2.28. The number of nitriles is 1. The number of aryl methyl sites for hydroxylation is 1. The third-order valence-electron chi connectivity index (χ3n) is 2.90. The van der Waals surface area contributed by atoms with Gasteiger partial charge in [0.2, 0.25) is 0 Å². The molecule has 6 heteroatoms. The van der Waals surface area contributed by atoms with Gasteiger partial charge in [0.15, 0.2) is 0 Å². The molecule has 0 N–H and O–H groups in total. The van der Waals surface area contributed by atoms with Crippen molar-refractivity contribution < 1.29 is 18.0 Å². The molecule has 0 aliphatic rings. The Kier molecular flexibility index (Phi) is 8.01. The van der Waals surface area contributed by atoms with E-state index < -0.39 is 8.80 Å². The number of ether oxygens (including phenoxy) is 1. The van der Waals surface area contributed by atoms with Gasteiger partial charge in [-0.2, -0.15) is 0 Å². The fourth-order valence-corrected chi connectivity index (χ4v) is 4.67. The SMILES string of the molecule is CCO[Si](CCc1ccc(OC#N)cc1)(OCC)OCC. The Hall–Kier alpha value is -1.39. The Morgan fingerprint density at radius 2 is 1.48 bits per heavy atom. The largest absolute Gasteiger partial charge is 0.501 e. The smallest absolute Gasteiger partial charge is 0.388 e. The maximum absolute atomic E-state index is 8.46. The molecular formula is C15H23NO4Si. The van der Waals surface area contributed by atoms with E-state index >= 15 is 0 Å². The summed E-state index contributed by atoms with van der Waals surface area (Å²) in [4.78, 5) is 0. The van der Waals surface area contributed by atoms with E-state index in [1.807, 2.05) is 32.9 Å². The summed E-state index contributed by atoms with van der Waals surface area (Å²) < 4.78 is 22.2. The average molecular weight is 309 g/mol. The van der Waals surface area contributed by atoms with Crippen molar-refractivity contribution in [2.75, 3.05) is 19.8 Å². The minimum absolute atomic E-state index is 0.546. The number of hydrogen-bond donors (Lipinski definition) is 0. The van der Waals surface area contributed by atoms with Gasteiger partial charge in [-0.05, 0) is 44.9 Å². The maximum atomic E-state index is 8.46. The van der Waals surface area contributed by atoms with Crippen LogP contribution in [0.25, 0.3) is 0 Å². The molecule has 21 heavy (non-hydrogen) atoms. The van der Waals surface area contributed by atoms with Gasteiger partial charge in [0.25, 0.3) is 6.26 Å². The fraction of sp³-hybridized carbons (Fsp3) is 0.533. The van der Waals surface area contributed by atoms with Gasteiger partial charge in [-0.15, -0.1) is 5.26 Å². The Bertz CT molecular complexity index is 427. The maximum Gasteiger partial charge on any atom is 0.501 e. The molecule has 0 radical (unpaired) electrons. The fourth-order valence-electron chi connectivity index (χ4n) is 2.08. The molecule has 1 rings (SSSR count). The van der Waals surface area contributed by atoms with Gasteiger partial charge in [-0.3, -0.25) is 0 Å². The minimum Gasteiger partial charge on any atom is -0.388 e. The second-order valence-electron chi connectivity index (χ2n) is 4.32. The van der Waals surface area contributed by atoms with Crippen LogP contribution in [-0.4, -0.2) is 28.6 Å². The van der Waals surface area contributed by atoms with Gasteiger partial charge < -0.3 is 18.0 Å². The highest BCUT2D eigenvalue weighted by Gasteiger charge is 2.39. The molecule has 0 fully saturated rings. The van der Waals surface area contributed by atoms with Crippen LogP contribution in [0.1, 0.15) is 26.3 Å². The van der Waals surface area contributed by atoms with E-state index in [2.05, 4.69) is 0 Å². The van der Waals surface area contributed by atoms with Crippen molar-refractivity contribution in [2.45, 2.75) is 33.2 Å². The molecule has 0 heterocycles. The topological polar surface area (TPSA) is 60.7 Å². The van der Waals surface area contributed by atoms with Crippen molar-refractivity contribution in [3.63, 3.8) is 0 Å². The molecular weight excluding hydrogens is 286 g/mol. The van der Waals surface area contributed by atoms with Gasteiger partial charge in [-0.1, -0.05) is 12.1 Å². The van der Waals surface area contributed by atoms with Crippen LogP contribution in [0.15, 0.2) is 24.3 Å². The standard InChI is InChI=1S/C15H23NO4Si/c1-4-18-21(19-5-2,20-6-3)12-11-14-7-9-15(10-8-14)17-13-16/h7-10H,4-6,11-12H2,1-3H3. The van der Waals surface area contributed by atoms with Crippen molar-refractivity contribution in [2.24, 2.45) is 0 Å². The van der Waals surface area contributed by atoms with E-state index in [-0.39, 0.29) is 0 Å². The van der Waals surface area contributed by atoms with Crippen LogP contribution in [0.3, 0.4) is 0 Å². The molecule has 0 aliphatic heterocycles. The summed E-state index contributed by atoms with van der Waals surface area (Å²) in [6.07, 6.45) is 2.46. The molecule has 0 unspecified atom stereocenters. The van der Waals surface area contributed by atoms with E-state index in [1.54, 1.807) is 18.4 Å². The lowest BCUT2D eigenvalue weighted by Crippen LogP contribution is -2.46. The summed E-state index contributed by atoms with van der Waals surface area (Å²) >= 11 is 0. The highest BCUT2D eigenvalue weighted by molar-refractivity contribution is 6.60.